The zero-order valence-corrected chi connectivity index (χ0v) is 12.8. The highest BCUT2D eigenvalue weighted by atomic mass is 16.2. The van der Waals surface area contributed by atoms with Crippen LogP contribution in [0.3, 0.4) is 0 Å². The quantitative estimate of drug-likeness (QED) is 0.899. The Labute approximate surface area is 120 Å². The molecule has 2 heterocycles. The number of piperidine rings is 1. The van der Waals surface area contributed by atoms with Crippen LogP contribution in [0.25, 0.3) is 0 Å². The molecule has 1 amide bonds. The molecule has 110 valence electrons. The molecule has 2 rings (SSSR count). The van der Waals surface area contributed by atoms with Crippen LogP contribution in [0, 0.1) is 0 Å². The summed E-state index contributed by atoms with van der Waals surface area (Å²) in [4.78, 5) is 22.0. The van der Waals surface area contributed by atoms with Gasteiger partial charge in [0, 0.05) is 37.5 Å². The van der Waals surface area contributed by atoms with Crippen LogP contribution in [-0.4, -0.2) is 39.9 Å². The van der Waals surface area contributed by atoms with E-state index in [0.29, 0.717) is 0 Å². The van der Waals surface area contributed by atoms with Crippen LogP contribution < -0.4 is 5.32 Å². The summed E-state index contributed by atoms with van der Waals surface area (Å²) in [7, 11) is 0. The minimum absolute atomic E-state index is 0.0113. The van der Waals surface area contributed by atoms with Crippen molar-refractivity contribution in [2.45, 2.75) is 52.0 Å². The maximum atomic E-state index is 11.5. The van der Waals surface area contributed by atoms with E-state index in [1.807, 2.05) is 11.0 Å². The van der Waals surface area contributed by atoms with E-state index in [-0.39, 0.29) is 17.4 Å². The van der Waals surface area contributed by atoms with Gasteiger partial charge in [0.2, 0.25) is 5.91 Å². The topological polar surface area (TPSA) is 58.1 Å². The van der Waals surface area contributed by atoms with E-state index in [1.54, 1.807) is 13.3 Å². The Morgan fingerprint density at radius 3 is 2.80 bits per heavy atom. The lowest BCUT2D eigenvalue weighted by Gasteiger charge is -2.32. The maximum Gasteiger partial charge on any atom is 0.219 e. The molecule has 0 saturated carbocycles. The van der Waals surface area contributed by atoms with E-state index in [2.05, 4.69) is 36.1 Å². The number of nitrogens with zero attached hydrogens (tertiary/aromatic N) is 3. The third kappa shape index (κ3) is 3.68. The van der Waals surface area contributed by atoms with Gasteiger partial charge in [-0.3, -0.25) is 4.79 Å². The Morgan fingerprint density at radius 1 is 1.40 bits per heavy atom. The highest BCUT2D eigenvalue weighted by Crippen LogP contribution is 2.22. The predicted octanol–water partition coefficient (Wildman–Crippen LogP) is 2.20. The minimum Gasteiger partial charge on any atom is -0.365 e. The predicted molar refractivity (Wildman–Crippen MR) is 79.6 cm³/mol. The summed E-state index contributed by atoms with van der Waals surface area (Å²) in [6.45, 7) is 9.66. The molecule has 1 fully saturated rings. The van der Waals surface area contributed by atoms with Gasteiger partial charge >= 0.3 is 0 Å². The molecule has 0 unspecified atom stereocenters. The molecule has 1 saturated heterocycles. The number of carbonyl (C=O) groups excluding carboxylic acids is 1. The van der Waals surface area contributed by atoms with Crippen LogP contribution in [0.2, 0.25) is 0 Å². The van der Waals surface area contributed by atoms with Crippen molar-refractivity contribution in [3.05, 3.63) is 18.1 Å². The number of likely N-dealkylation sites (tertiary alicyclic amines) is 1. The summed E-state index contributed by atoms with van der Waals surface area (Å²) in [5.74, 6) is 0.995. The molecule has 0 aliphatic carbocycles. The van der Waals surface area contributed by atoms with Crippen molar-refractivity contribution in [2.75, 3.05) is 18.4 Å². The van der Waals surface area contributed by atoms with Crippen molar-refractivity contribution in [1.82, 2.24) is 14.9 Å². The number of anilines is 1. The second-order valence-electron chi connectivity index (χ2n) is 6.49. The van der Waals surface area contributed by atoms with E-state index < -0.39 is 0 Å². The van der Waals surface area contributed by atoms with Gasteiger partial charge in [0.15, 0.2) is 0 Å². The molecule has 0 radical (unpaired) electrons. The number of carbonyl (C=O) groups is 1. The maximum absolute atomic E-state index is 11.5. The number of hydrogen-bond acceptors (Lipinski definition) is 4. The van der Waals surface area contributed by atoms with E-state index in [4.69, 9.17) is 0 Å². The average Bonchev–Trinajstić information content (AvgIpc) is 2.38. The Morgan fingerprint density at radius 2 is 2.15 bits per heavy atom. The van der Waals surface area contributed by atoms with Crippen molar-refractivity contribution in [3.63, 3.8) is 0 Å². The number of nitrogens with one attached hydrogen (secondary N) is 1. The molecule has 1 aromatic rings. The smallest absolute Gasteiger partial charge is 0.219 e. The second kappa shape index (κ2) is 5.77. The molecule has 1 aromatic heterocycles. The molecule has 0 spiro atoms. The van der Waals surface area contributed by atoms with Gasteiger partial charge in [-0.25, -0.2) is 9.97 Å². The number of aromatic nitrogens is 2. The van der Waals surface area contributed by atoms with Gasteiger partial charge in [-0.1, -0.05) is 20.8 Å². The summed E-state index contributed by atoms with van der Waals surface area (Å²) < 4.78 is 0. The molecule has 1 N–H and O–H groups in total. The normalized spacial score (nSPS) is 19.8. The summed E-state index contributed by atoms with van der Waals surface area (Å²) >= 11 is 0. The summed E-state index contributed by atoms with van der Waals surface area (Å²) in [6, 6.07) is 2.28. The monoisotopic (exact) mass is 276 g/mol. The fraction of sp³-hybridized carbons (Fsp3) is 0.667. The molecule has 0 aromatic carbocycles. The molecule has 1 aliphatic heterocycles. The first-order valence-electron chi connectivity index (χ1n) is 7.21. The second-order valence-corrected chi connectivity index (χ2v) is 6.49. The summed E-state index contributed by atoms with van der Waals surface area (Å²) in [6.07, 6.45) is 3.71. The third-order valence-electron chi connectivity index (χ3n) is 3.65. The minimum atomic E-state index is 0.0113. The Balaban J connectivity index is 2.04. The van der Waals surface area contributed by atoms with Crippen molar-refractivity contribution in [1.29, 1.82) is 0 Å². The Bertz CT molecular complexity index is 481. The van der Waals surface area contributed by atoms with Gasteiger partial charge in [0.25, 0.3) is 0 Å². The van der Waals surface area contributed by atoms with Crippen LogP contribution >= 0.6 is 0 Å². The van der Waals surface area contributed by atoms with Crippen LogP contribution in [0.5, 0.6) is 0 Å². The molecule has 5 heteroatoms. The average molecular weight is 276 g/mol. The summed E-state index contributed by atoms with van der Waals surface area (Å²) in [5, 5.41) is 3.43. The molecule has 20 heavy (non-hydrogen) atoms. The molecule has 1 aliphatic rings. The first-order chi connectivity index (χ1) is 9.36. The molecular weight excluding hydrogens is 252 g/mol. The lowest BCUT2D eigenvalue weighted by Crippen LogP contribution is -2.44. The van der Waals surface area contributed by atoms with Gasteiger partial charge in [-0.2, -0.15) is 0 Å². The fourth-order valence-corrected chi connectivity index (χ4v) is 2.44. The first kappa shape index (κ1) is 14.8. The highest BCUT2D eigenvalue weighted by Gasteiger charge is 2.22. The highest BCUT2D eigenvalue weighted by molar-refractivity contribution is 5.73. The Kier molecular flexibility index (Phi) is 4.26. The van der Waals surface area contributed by atoms with Crippen molar-refractivity contribution in [3.8, 4) is 0 Å². The van der Waals surface area contributed by atoms with Gasteiger partial charge in [0.1, 0.15) is 12.1 Å². The molecule has 0 bridgehead atoms. The number of amides is 1. The van der Waals surface area contributed by atoms with E-state index in [1.165, 1.54) is 0 Å². The van der Waals surface area contributed by atoms with Crippen LogP contribution in [0.4, 0.5) is 5.82 Å². The van der Waals surface area contributed by atoms with Crippen molar-refractivity contribution in [2.24, 2.45) is 0 Å². The summed E-state index contributed by atoms with van der Waals surface area (Å²) in [5.41, 5.74) is 1.03. The molecule has 5 nitrogen and oxygen atoms in total. The standard InChI is InChI=1S/C15H24N4O/c1-11(20)19-7-5-6-12(9-19)18-14-8-13(15(2,3)4)16-10-17-14/h8,10,12H,5-7,9H2,1-4H3,(H,16,17,18)/t12-/m1/s1. The van der Waals surface area contributed by atoms with Gasteiger partial charge in [0.05, 0.1) is 5.69 Å². The Hall–Kier alpha value is -1.65. The molecule has 1 atom stereocenters. The molecular formula is C15H24N4O. The van der Waals surface area contributed by atoms with Gasteiger partial charge in [-0.05, 0) is 12.8 Å². The number of rotatable bonds is 2. The number of hydrogen-bond donors (Lipinski definition) is 1. The lowest BCUT2D eigenvalue weighted by atomic mass is 9.92. The van der Waals surface area contributed by atoms with E-state index >= 15 is 0 Å². The van der Waals surface area contributed by atoms with Gasteiger partial charge < -0.3 is 10.2 Å². The SMILES string of the molecule is CC(=O)N1CCC[C@@H](Nc2cc(C(C)(C)C)ncn2)C1. The van der Waals surface area contributed by atoms with Gasteiger partial charge in [-0.15, -0.1) is 0 Å². The van der Waals surface area contributed by atoms with Crippen LogP contribution in [0.1, 0.15) is 46.2 Å². The first-order valence-corrected chi connectivity index (χ1v) is 7.21. The zero-order valence-electron chi connectivity index (χ0n) is 12.8. The largest absolute Gasteiger partial charge is 0.365 e. The lowest BCUT2D eigenvalue weighted by molar-refractivity contribution is -0.129. The third-order valence-corrected chi connectivity index (χ3v) is 3.65. The van der Waals surface area contributed by atoms with Crippen LogP contribution in [-0.2, 0) is 10.2 Å². The van der Waals surface area contributed by atoms with Crippen molar-refractivity contribution < 1.29 is 4.79 Å². The van der Waals surface area contributed by atoms with Crippen molar-refractivity contribution >= 4 is 11.7 Å². The van der Waals surface area contributed by atoms with E-state index in [9.17, 15) is 4.79 Å². The van der Waals surface area contributed by atoms with Crippen LogP contribution in [0.15, 0.2) is 12.4 Å². The zero-order chi connectivity index (χ0) is 14.8. The fourth-order valence-electron chi connectivity index (χ4n) is 2.44. The van der Waals surface area contributed by atoms with E-state index in [0.717, 1.165) is 37.4 Å².